The highest BCUT2D eigenvalue weighted by atomic mass is 16.6. The molecule has 0 aliphatic rings. The van der Waals surface area contributed by atoms with Gasteiger partial charge in [-0.2, -0.15) is 5.26 Å². The molecular weight excluding hydrogens is 154 g/mol. The zero-order chi connectivity index (χ0) is 9.78. The number of ether oxygens (including phenoxy) is 1. The van der Waals surface area contributed by atoms with Crippen molar-refractivity contribution in [3.63, 3.8) is 0 Å². The van der Waals surface area contributed by atoms with Crippen LogP contribution < -0.4 is 0 Å². The number of nitrogens with zero attached hydrogens (tertiary/aromatic N) is 1. The van der Waals surface area contributed by atoms with Crippen LogP contribution in [0.4, 0.5) is 0 Å². The molecule has 0 unspecified atom stereocenters. The van der Waals surface area contributed by atoms with E-state index in [0.29, 0.717) is 0 Å². The molecule has 3 heteroatoms. The third-order valence-electron chi connectivity index (χ3n) is 1.11. The predicted octanol–water partition coefficient (Wildman–Crippen LogP) is 1.88. The van der Waals surface area contributed by atoms with E-state index in [1.54, 1.807) is 6.92 Å². The van der Waals surface area contributed by atoms with Gasteiger partial charge in [-0.05, 0) is 27.7 Å². The highest BCUT2D eigenvalue weighted by molar-refractivity contribution is 5.70. The molecule has 0 aromatic rings. The molecule has 0 N–H and O–H groups in total. The molecule has 0 aromatic heterocycles. The Bertz CT molecular complexity index is 198. The second-order valence-electron chi connectivity index (χ2n) is 3.82. The molecule has 0 aromatic carbocycles. The van der Waals surface area contributed by atoms with E-state index in [-0.39, 0.29) is 18.3 Å². The Morgan fingerprint density at radius 2 is 2.08 bits per heavy atom. The van der Waals surface area contributed by atoms with E-state index in [4.69, 9.17) is 10.00 Å². The molecule has 0 rings (SSSR count). The first-order chi connectivity index (χ1) is 5.35. The minimum Gasteiger partial charge on any atom is -0.460 e. The highest BCUT2D eigenvalue weighted by Gasteiger charge is 2.17. The molecule has 68 valence electrons. The fraction of sp³-hybridized carbons (Fsp3) is 0.778. The largest absolute Gasteiger partial charge is 0.460 e. The summed E-state index contributed by atoms with van der Waals surface area (Å²) in [6, 6.07) is 1.98. The first-order valence-corrected chi connectivity index (χ1v) is 3.96. The van der Waals surface area contributed by atoms with Crippen LogP contribution in [-0.4, -0.2) is 11.6 Å². The first-order valence-electron chi connectivity index (χ1n) is 3.96. The molecule has 0 heterocycles. The second kappa shape index (κ2) is 4.10. The molecule has 1 atom stereocenters. The van der Waals surface area contributed by atoms with Crippen molar-refractivity contribution in [3.8, 4) is 6.07 Å². The van der Waals surface area contributed by atoms with Gasteiger partial charge in [0, 0.05) is 0 Å². The van der Waals surface area contributed by atoms with Crippen molar-refractivity contribution < 1.29 is 9.53 Å². The lowest BCUT2D eigenvalue weighted by atomic mass is 10.1. The Hall–Kier alpha value is -1.04. The molecule has 0 spiro atoms. The third kappa shape index (κ3) is 5.72. The average molecular weight is 169 g/mol. The van der Waals surface area contributed by atoms with Crippen LogP contribution in [0.1, 0.15) is 34.1 Å². The van der Waals surface area contributed by atoms with Gasteiger partial charge in [-0.25, -0.2) is 0 Å². The number of carbonyl (C=O) groups excluding carboxylic acids is 1. The zero-order valence-corrected chi connectivity index (χ0v) is 8.05. The minimum atomic E-state index is -0.452. The average Bonchev–Trinajstić information content (AvgIpc) is 1.82. The Labute approximate surface area is 73.3 Å². The van der Waals surface area contributed by atoms with E-state index in [0.717, 1.165) is 0 Å². The van der Waals surface area contributed by atoms with Crippen molar-refractivity contribution in [2.75, 3.05) is 0 Å². The van der Waals surface area contributed by atoms with Gasteiger partial charge in [-0.1, -0.05) is 0 Å². The lowest BCUT2D eigenvalue weighted by molar-refractivity contribution is -0.155. The Morgan fingerprint density at radius 1 is 1.58 bits per heavy atom. The second-order valence-corrected chi connectivity index (χ2v) is 3.82. The van der Waals surface area contributed by atoms with Gasteiger partial charge in [0.05, 0.1) is 18.4 Å². The van der Waals surface area contributed by atoms with Crippen molar-refractivity contribution in [1.82, 2.24) is 0 Å². The van der Waals surface area contributed by atoms with Crippen LogP contribution in [0.15, 0.2) is 0 Å². The Balaban J connectivity index is 3.85. The maximum Gasteiger partial charge on any atom is 0.307 e. The predicted molar refractivity (Wildman–Crippen MR) is 45.2 cm³/mol. The quantitative estimate of drug-likeness (QED) is 0.593. The fourth-order valence-corrected chi connectivity index (χ4v) is 0.679. The van der Waals surface area contributed by atoms with Crippen molar-refractivity contribution in [2.24, 2.45) is 5.92 Å². The van der Waals surface area contributed by atoms with Gasteiger partial charge in [-0.15, -0.1) is 0 Å². The van der Waals surface area contributed by atoms with Gasteiger partial charge >= 0.3 is 5.97 Å². The van der Waals surface area contributed by atoms with Gasteiger partial charge in [0.15, 0.2) is 0 Å². The lowest BCUT2D eigenvalue weighted by Gasteiger charge is -2.19. The van der Waals surface area contributed by atoms with Gasteiger partial charge in [0.2, 0.25) is 0 Å². The molecule has 0 aliphatic heterocycles. The standard InChI is InChI=1S/C9H15NO2/c1-7(6-10)5-8(11)12-9(2,3)4/h7H,5H2,1-4H3/t7-/m0/s1. The Kier molecular flexibility index (Phi) is 3.75. The topological polar surface area (TPSA) is 50.1 Å². The van der Waals surface area contributed by atoms with E-state index in [1.165, 1.54) is 0 Å². The number of rotatable bonds is 2. The summed E-state index contributed by atoms with van der Waals surface area (Å²) >= 11 is 0. The molecule has 0 saturated carbocycles. The molecule has 12 heavy (non-hydrogen) atoms. The van der Waals surface area contributed by atoms with Gasteiger partial charge in [0.25, 0.3) is 0 Å². The number of hydrogen-bond acceptors (Lipinski definition) is 3. The van der Waals surface area contributed by atoms with Crippen molar-refractivity contribution in [2.45, 2.75) is 39.7 Å². The van der Waals surface area contributed by atoms with Crippen molar-refractivity contribution in [3.05, 3.63) is 0 Å². The van der Waals surface area contributed by atoms with Crippen LogP contribution in [0, 0.1) is 17.2 Å². The number of nitriles is 1. The van der Waals surface area contributed by atoms with E-state index in [2.05, 4.69) is 0 Å². The van der Waals surface area contributed by atoms with E-state index in [9.17, 15) is 4.79 Å². The highest BCUT2D eigenvalue weighted by Crippen LogP contribution is 2.10. The third-order valence-corrected chi connectivity index (χ3v) is 1.11. The van der Waals surface area contributed by atoms with Crippen molar-refractivity contribution >= 4 is 5.97 Å². The molecule has 0 fully saturated rings. The summed E-state index contributed by atoms with van der Waals surface area (Å²) < 4.78 is 5.02. The van der Waals surface area contributed by atoms with Crippen LogP contribution in [0.3, 0.4) is 0 Å². The minimum absolute atomic E-state index is 0.174. The maximum absolute atomic E-state index is 11.1. The summed E-state index contributed by atoms with van der Waals surface area (Å²) in [5, 5.41) is 8.42. The summed E-state index contributed by atoms with van der Waals surface area (Å²) in [4.78, 5) is 11.1. The number of carbonyl (C=O) groups is 1. The Morgan fingerprint density at radius 3 is 2.42 bits per heavy atom. The molecule has 3 nitrogen and oxygen atoms in total. The number of esters is 1. The maximum atomic E-state index is 11.1. The normalized spacial score (nSPS) is 13.2. The molecule has 0 aliphatic carbocycles. The summed E-state index contributed by atoms with van der Waals surface area (Å²) in [7, 11) is 0. The first kappa shape index (κ1) is 11.0. The monoisotopic (exact) mass is 169 g/mol. The summed E-state index contributed by atoms with van der Waals surface area (Å²) in [6.07, 6.45) is 0.174. The summed E-state index contributed by atoms with van der Waals surface area (Å²) in [6.45, 7) is 7.12. The van der Waals surface area contributed by atoms with Crippen LogP contribution in [-0.2, 0) is 9.53 Å². The van der Waals surface area contributed by atoms with Crippen LogP contribution in [0.25, 0.3) is 0 Å². The van der Waals surface area contributed by atoms with Crippen LogP contribution >= 0.6 is 0 Å². The van der Waals surface area contributed by atoms with Crippen LogP contribution in [0.2, 0.25) is 0 Å². The van der Waals surface area contributed by atoms with Crippen molar-refractivity contribution in [1.29, 1.82) is 5.26 Å². The summed E-state index contributed by atoms with van der Waals surface area (Å²) in [5.41, 5.74) is -0.452. The lowest BCUT2D eigenvalue weighted by Crippen LogP contribution is -2.24. The molecule has 0 radical (unpaired) electrons. The zero-order valence-electron chi connectivity index (χ0n) is 8.05. The molecule has 0 saturated heterocycles. The molecule has 0 amide bonds. The number of hydrogen-bond donors (Lipinski definition) is 0. The molecular formula is C9H15NO2. The smallest absolute Gasteiger partial charge is 0.307 e. The van der Waals surface area contributed by atoms with Gasteiger partial charge in [0.1, 0.15) is 5.60 Å². The van der Waals surface area contributed by atoms with E-state index < -0.39 is 5.60 Å². The van der Waals surface area contributed by atoms with Crippen LogP contribution in [0.5, 0.6) is 0 Å². The van der Waals surface area contributed by atoms with E-state index >= 15 is 0 Å². The SMILES string of the molecule is C[C@H](C#N)CC(=O)OC(C)(C)C. The van der Waals surface area contributed by atoms with E-state index in [1.807, 2.05) is 26.8 Å². The fourth-order valence-electron chi connectivity index (χ4n) is 0.679. The van der Waals surface area contributed by atoms with Gasteiger partial charge < -0.3 is 4.74 Å². The summed E-state index contributed by atoms with van der Waals surface area (Å²) in [5.74, 6) is -0.573. The van der Waals surface area contributed by atoms with Gasteiger partial charge in [-0.3, -0.25) is 4.79 Å². The molecule has 0 bridgehead atoms.